The summed E-state index contributed by atoms with van der Waals surface area (Å²) in [5.74, 6) is 0. The van der Waals surface area contributed by atoms with Gasteiger partial charge in [0, 0.05) is 10.0 Å². The number of nitrogens with zero attached hydrogens (tertiary/aromatic N) is 1. The topological polar surface area (TPSA) is 38.9 Å². The lowest BCUT2D eigenvalue weighted by atomic mass is 10.2. The summed E-state index contributed by atoms with van der Waals surface area (Å²) in [7, 11) is 0. The minimum atomic E-state index is 0.399. The van der Waals surface area contributed by atoms with Crippen molar-refractivity contribution in [2.75, 3.05) is 5.73 Å². The van der Waals surface area contributed by atoms with Gasteiger partial charge in [-0.1, -0.05) is 39.1 Å². The molecule has 0 unspecified atom stereocenters. The number of anilines is 1. The van der Waals surface area contributed by atoms with Crippen molar-refractivity contribution in [3.8, 4) is 10.6 Å². The van der Waals surface area contributed by atoms with Crippen LogP contribution in [0.5, 0.6) is 0 Å². The van der Waals surface area contributed by atoms with Crippen LogP contribution in [0.3, 0.4) is 0 Å². The number of fused-ring (bicyclic) bond motifs is 1. The van der Waals surface area contributed by atoms with Crippen LogP contribution in [0, 0.1) is 0 Å². The van der Waals surface area contributed by atoms with Crippen molar-refractivity contribution in [3.63, 3.8) is 0 Å². The standard InChI is InChI=1S/C13H7BrCl2N2S/c14-7-1-2-10-11(5-7)19-13(18-10)6-3-8(15)12(17)9(16)4-6/h1-5H,17H2. The first-order valence-electron chi connectivity index (χ1n) is 5.35. The molecular formula is C13H7BrCl2N2S. The fraction of sp³-hybridized carbons (Fsp3) is 0. The van der Waals surface area contributed by atoms with E-state index in [1.165, 1.54) is 0 Å². The Morgan fingerprint density at radius 2 is 1.79 bits per heavy atom. The predicted molar refractivity (Wildman–Crippen MR) is 87.2 cm³/mol. The highest BCUT2D eigenvalue weighted by atomic mass is 79.9. The van der Waals surface area contributed by atoms with Gasteiger partial charge in [0.15, 0.2) is 0 Å². The number of benzene rings is 2. The lowest BCUT2D eigenvalue weighted by Gasteiger charge is -2.03. The summed E-state index contributed by atoms with van der Waals surface area (Å²) in [4.78, 5) is 4.58. The summed E-state index contributed by atoms with van der Waals surface area (Å²) < 4.78 is 2.14. The van der Waals surface area contributed by atoms with Crippen LogP contribution in [-0.2, 0) is 0 Å². The molecule has 2 nitrogen and oxygen atoms in total. The Morgan fingerprint density at radius 3 is 2.47 bits per heavy atom. The molecule has 0 bridgehead atoms. The van der Waals surface area contributed by atoms with Gasteiger partial charge < -0.3 is 5.73 Å². The highest BCUT2D eigenvalue weighted by molar-refractivity contribution is 9.10. The van der Waals surface area contributed by atoms with Crippen molar-refractivity contribution in [2.24, 2.45) is 0 Å². The first-order valence-corrected chi connectivity index (χ1v) is 7.72. The minimum absolute atomic E-state index is 0.399. The zero-order valence-electron chi connectivity index (χ0n) is 9.45. The molecule has 2 aromatic carbocycles. The van der Waals surface area contributed by atoms with Crippen LogP contribution >= 0.6 is 50.5 Å². The van der Waals surface area contributed by atoms with Crippen molar-refractivity contribution in [3.05, 3.63) is 44.8 Å². The van der Waals surface area contributed by atoms with Crippen LogP contribution in [0.25, 0.3) is 20.8 Å². The molecule has 6 heteroatoms. The summed E-state index contributed by atoms with van der Waals surface area (Å²) >= 11 is 17.1. The average Bonchev–Trinajstić information content (AvgIpc) is 2.78. The van der Waals surface area contributed by atoms with Crippen LogP contribution in [0.15, 0.2) is 34.8 Å². The summed E-state index contributed by atoms with van der Waals surface area (Å²) in [5.41, 5.74) is 7.96. The lowest BCUT2D eigenvalue weighted by molar-refractivity contribution is 1.47. The van der Waals surface area contributed by atoms with E-state index in [4.69, 9.17) is 28.9 Å². The molecule has 0 aliphatic heterocycles. The molecule has 1 heterocycles. The molecule has 0 fully saturated rings. The van der Waals surface area contributed by atoms with Crippen molar-refractivity contribution in [2.45, 2.75) is 0 Å². The maximum absolute atomic E-state index is 6.05. The molecule has 0 saturated carbocycles. The Hall–Kier alpha value is -0.810. The van der Waals surface area contributed by atoms with Crippen LogP contribution in [-0.4, -0.2) is 4.98 Å². The van der Waals surface area contributed by atoms with Gasteiger partial charge in [-0.2, -0.15) is 0 Å². The van der Waals surface area contributed by atoms with Gasteiger partial charge in [-0.15, -0.1) is 11.3 Å². The number of hydrogen-bond donors (Lipinski definition) is 1. The van der Waals surface area contributed by atoms with E-state index >= 15 is 0 Å². The molecule has 3 rings (SSSR count). The van der Waals surface area contributed by atoms with E-state index in [1.54, 1.807) is 23.5 Å². The van der Waals surface area contributed by atoms with Gasteiger partial charge >= 0.3 is 0 Å². The third-order valence-electron chi connectivity index (χ3n) is 2.68. The fourth-order valence-corrected chi connectivity index (χ4v) is 3.72. The second-order valence-corrected chi connectivity index (χ2v) is 6.75. The number of nitrogen functional groups attached to an aromatic ring is 1. The first-order chi connectivity index (χ1) is 9.04. The van der Waals surface area contributed by atoms with E-state index in [-0.39, 0.29) is 0 Å². The van der Waals surface area contributed by atoms with Crippen molar-refractivity contribution in [1.29, 1.82) is 0 Å². The summed E-state index contributed by atoms with van der Waals surface area (Å²) in [6.07, 6.45) is 0. The highest BCUT2D eigenvalue weighted by Gasteiger charge is 2.11. The van der Waals surface area contributed by atoms with Gasteiger partial charge in [0.05, 0.1) is 25.9 Å². The van der Waals surface area contributed by atoms with Gasteiger partial charge in [0.25, 0.3) is 0 Å². The highest BCUT2D eigenvalue weighted by Crippen LogP contribution is 2.37. The molecular weight excluding hydrogens is 367 g/mol. The van der Waals surface area contributed by atoms with Gasteiger partial charge in [0.1, 0.15) is 5.01 Å². The Morgan fingerprint density at radius 1 is 1.11 bits per heavy atom. The van der Waals surface area contributed by atoms with Gasteiger partial charge in [-0.05, 0) is 30.3 Å². The molecule has 0 atom stereocenters. The van der Waals surface area contributed by atoms with E-state index in [9.17, 15) is 0 Å². The maximum Gasteiger partial charge on any atom is 0.124 e. The number of aromatic nitrogens is 1. The lowest BCUT2D eigenvalue weighted by Crippen LogP contribution is -1.88. The van der Waals surface area contributed by atoms with E-state index in [2.05, 4.69) is 20.9 Å². The minimum Gasteiger partial charge on any atom is -0.396 e. The second-order valence-electron chi connectivity index (χ2n) is 3.98. The van der Waals surface area contributed by atoms with Crippen LogP contribution < -0.4 is 5.73 Å². The maximum atomic E-state index is 6.05. The van der Waals surface area contributed by atoms with E-state index < -0.39 is 0 Å². The van der Waals surface area contributed by atoms with E-state index in [0.717, 1.165) is 25.3 Å². The number of rotatable bonds is 1. The van der Waals surface area contributed by atoms with Gasteiger partial charge in [-0.3, -0.25) is 0 Å². The smallest absolute Gasteiger partial charge is 0.124 e. The zero-order chi connectivity index (χ0) is 13.6. The number of hydrogen-bond acceptors (Lipinski definition) is 3. The quantitative estimate of drug-likeness (QED) is 0.562. The predicted octanol–water partition coefficient (Wildman–Crippen LogP) is 5.61. The first kappa shape index (κ1) is 13.2. The van der Waals surface area contributed by atoms with Gasteiger partial charge in [-0.25, -0.2) is 4.98 Å². The normalized spacial score (nSPS) is 11.1. The van der Waals surface area contributed by atoms with Crippen LogP contribution in [0.1, 0.15) is 0 Å². The average molecular weight is 374 g/mol. The largest absolute Gasteiger partial charge is 0.396 e. The summed E-state index contributed by atoms with van der Waals surface area (Å²) in [5, 5.41) is 1.77. The SMILES string of the molecule is Nc1c(Cl)cc(-c2nc3ccc(Br)cc3s2)cc1Cl. The van der Waals surface area contributed by atoms with E-state index in [1.807, 2.05) is 18.2 Å². The zero-order valence-corrected chi connectivity index (χ0v) is 13.4. The molecule has 0 saturated heterocycles. The molecule has 0 aliphatic carbocycles. The monoisotopic (exact) mass is 372 g/mol. The molecule has 19 heavy (non-hydrogen) atoms. The Balaban J connectivity index is 2.19. The number of halogens is 3. The van der Waals surface area contributed by atoms with Crippen molar-refractivity contribution < 1.29 is 0 Å². The Bertz CT molecular complexity index is 762. The molecule has 96 valence electrons. The molecule has 3 aromatic rings. The van der Waals surface area contributed by atoms with Crippen LogP contribution in [0.2, 0.25) is 10.0 Å². The summed E-state index contributed by atoms with van der Waals surface area (Å²) in [6.45, 7) is 0. The Labute approximate surface area is 132 Å². The molecule has 0 radical (unpaired) electrons. The molecule has 1 aromatic heterocycles. The molecule has 0 amide bonds. The van der Waals surface area contributed by atoms with Crippen LogP contribution in [0.4, 0.5) is 5.69 Å². The van der Waals surface area contributed by atoms with Crippen molar-refractivity contribution >= 4 is 66.4 Å². The Kier molecular flexibility index (Phi) is 3.43. The third-order valence-corrected chi connectivity index (χ3v) is 4.86. The molecule has 0 aliphatic rings. The molecule has 2 N–H and O–H groups in total. The number of nitrogens with two attached hydrogens (primary N) is 1. The molecule has 0 spiro atoms. The van der Waals surface area contributed by atoms with Crippen molar-refractivity contribution in [1.82, 2.24) is 4.98 Å². The number of thiazole rings is 1. The summed E-state index contributed by atoms with van der Waals surface area (Å²) in [6, 6.07) is 9.55. The van der Waals surface area contributed by atoms with E-state index in [0.29, 0.717) is 15.7 Å². The second kappa shape index (κ2) is 4.94. The fourth-order valence-electron chi connectivity index (χ4n) is 1.73. The van der Waals surface area contributed by atoms with Gasteiger partial charge in [0.2, 0.25) is 0 Å². The third kappa shape index (κ3) is 2.46.